The standard InChI is InChI=1S/C27H26ClN5O4/c1-17-16-31(12-13-32(17)26(34)18-4-7-20(28)8-5-18)27(35)21-15-25-29-11-10-22(33(25)30-21)19-6-9-23(36-2)24(14-19)37-3/h4-11,14-15,17H,12-13,16H2,1-3H3/t17-/m0/s1. The van der Waals surface area contributed by atoms with Crippen molar-refractivity contribution in [1.29, 1.82) is 0 Å². The van der Waals surface area contributed by atoms with E-state index in [-0.39, 0.29) is 17.9 Å². The van der Waals surface area contributed by atoms with Gasteiger partial charge in [-0.2, -0.15) is 5.10 Å². The van der Waals surface area contributed by atoms with Crippen LogP contribution in [0.4, 0.5) is 0 Å². The summed E-state index contributed by atoms with van der Waals surface area (Å²) in [7, 11) is 3.17. The van der Waals surface area contributed by atoms with Crippen LogP contribution in [0.25, 0.3) is 16.9 Å². The molecule has 10 heteroatoms. The lowest BCUT2D eigenvalue weighted by Gasteiger charge is -2.39. The number of benzene rings is 2. The van der Waals surface area contributed by atoms with E-state index in [9.17, 15) is 9.59 Å². The van der Waals surface area contributed by atoms with Crippen molar-refractivity contribution < 1.29 is 19.1 Å². The molecule has 1 aliphatic heterocycles. The number of nitrogens with zero attached hydrogens (tertiary/aromatic N) is 5. The number of ether oxygens (including phenoxy) is 2. The molecule has 0 bridgehead atoms. The van der Waals surface area contributed by atoms with Crippen LogP contribution in [-0.4, -0.2) is 76.1 Å². The van der Waals surface area contributed by atoms with Crippen LogP contribution in [0.3, 0.4) is 0 Å². The van der Waals surface area contributed by atoms with Gasteiger partial charge in [0.15, 0.2) is 22.8 Å². The van der Waals surface area contributed by atoms with Gasteiger partial charge in [-0.3, -0.25) is 9.59 Å². The van der Waals surface area contributed by atoms with Crippen molar-refractivity contribution in [2.75, 3.05) is 33.9 Å². The van der Waals surface area contributed by atoms with Crippen LogP contribution in [0.5, 0.6) is 11.5 Å². The Balaban J connectivity index is 1.36. The minimum Gasteiger partial charge on any atom is -0.493 e. The van der Waals surface area contributed by atoms with Gasteiger partial charge in [0, 0.05) is 54.1 Å². The average molecular weight is 520 g/mol. The van der Waals surface area contributed by atoms with Crippen LogP contribution < -0.4 is 9.47 Å². The Kier molecular flexibility index (Phi) is 6.71. The zero-order valence-electron chi connectivity index (χ0n) is 20.7. The normalized spacial score (nSPS) is 15.6. The zero-order chi connectivity index (χ0) is 26.1. The van der Waals surface area contributed by atoms with E-state index in [1.54, 1.807) is 65.1 Å². The molecule has 2 aromatic carbocycles. The summed E-state index contributed by atoms with van der Waals surface area (Å²) < 4.78 is 12.4. The van der Waals surface area contributed by atoms with Crippen molar-refractivity contribution in [3.05, 3.63) is 77.1 Å². The smallest absolute Gasteiger partial charge is 0.274 e. The third-order valence-electron chi connectivity index (χ3n) is 6.52. The molecule has 0 spiro atoms. The molecule has 2 aromatic heterocycles. The first-order valence-corrected chi connectivity index (χ1v) is 12.2. The molecular formula is C27H26ClN5O4. The van der Waals surface area contributed by atoms with E-state index >= 15 is 0 Å². The summed E-state index contributed by atoms with van der Waals surface area (Å²) >= 11 is 5.95. The lowest BCUT2D eigenvalue weighted by molar-refractivity contribution is 0.0411. The molecule has 1 saturated heterocycles. The fourth-order valence-corrected chi connectivity index (χ4v) is 4.70. The highest BCUT2D eigenvalue weighted by atomic mass is 35.5. The average Bonchev–Trinajstić information content (AvgIpc) is 3.37. The minimum absolute atomic E-state index is 0.0762. The van der Waals surface area contributed by atoms with Crippen LogP contribution in [0.1, 0.15) is 27.8 Å². The van der Waals surface area contributed by atoms with Crippen LogP contribution in [0, 0.1) is 0 Å². The van der Waals surface area contributed by atoms with E-state index in [2.05, 4.69) is 10.1 Å². The van der Waals surface area contributed by atoms with Gasteiger partial charge in [0.1, 0.15) is 0 Å². The lowest BCUT2D eigenvalue weighted by Crippen LogP contribution is -2.55. The Morgan fingerprint density at radius 1 is 0.946 bits per heavy atom. The van der Waals surface area contributed by atoms with E-state index in [1.165, 1.54) is 0 Å². The van der Waals surface area contributed by atoms with Gasteiger partial charge >= 0.3 is 0 Å². The Hall–Kier alpha value is -4.11. The fourth-order valence-electron chi connectivity index (χ4n) is 4.58. The predicted molar refractivity (Wildman–Crippen MR) is 139 cm³/mol. The highest BCUT2D eigenvalue weighted by Crippen LogP contribution is 2.32. The van der Waals surface area contributed by atoms with Gasteiger partial charge in [-0.25, -0.2) is 9.50 Å². The van der Waals surface area contributed by atoms with E-state index in [0.717, 1.165) is 11.3 Å². The zero-order valence-corrected chi connectivity index (χ0v) is 21.5. The third kappa shape index (κ3) is 4.70. The van der Waals surface area contributed by atoms with Gasteiger partial charge in [-0.1, -0.05) is 11.6 Å². The summed E-state index contributed by atoms with van der Waals surface area (Å²) in [5.74, 6) is 0.936. The monoisotopic (exact) mass is 519 g/mol. The fraction of sp³-hybridized carbons (Fsp3) is 0.259. The summed E-state index contributed by atoms with van der Waals surface area (Å²) in [6.07, 6.45) is 1.68. The number of piperazine rings is 1. The van der Waals surface area contributed by atoms with Crippen LogP contribution >= 0.6 is 11.6 Å². The summed E-state index contributed by atoms with van der Waals surface area (Å²) in [4.78, 5) is 34.3. The van der Waals surface area contributed by atoms with E-state index in [4.69, 9.17) is 21.1 Å². The molecule has 2 amide bonds. The molecule has 9 nitrogen and oxygen atoms in total. The molecule has 0 aliphatic carbocycles. The molecule has 4 aromatic rings. The predicted octanol–water partition coefficient (Wildman–Crippen LogP) is 4.05. The SMILES string of the molecule is COc1ccc(-c2ccnc3cc(C(=O)N4CCN(C(=O)c5ccc(Cl)cc5)[C@@H](C)C4)nn23)cc1OC. The van der Waals surface area contributed by atoms with Gasteiger partial charge in [0.2, 0.25) is 0 Å². The molecular weight excluding hydrogens is 494 g/mol. The van der Waals surface area contributed by atoms with Gasteiger partial charge in [-0.15, -0.1) is 0 Å². The number of carbonyl (C=O) groups excluding carboxylic acids is 2. The van der Waals surface area contributed by atoms with E-state index in [0.29, 0.717) is 53.1 Å². The molecule has 1 aliphatic rings. The summed E-state index contributed by atoms with van der Waals surface area (Å²) in [5, 5.41) is 5.17. The van der Waals surface area contributed by atoms with Crippen molar-refractivity contribution in [1.82, 2.24) is 24.4 Å². The highest BCUT2D eigenvalue weighted by molar-refractivity contribution is 6.30. The van der Waals surface area contributed by atoms with Crippen molar-refractivity contribution in [3.63, 3.8) is 0 Å². The number of hydrogen-bond acceptors (Lipinski definition) is 6. The van der Waals surface area contributed by atoms with Gasteiger partial charge in [-0.05, 0) is 55.5 Å². The van der Waals surface area contributed by atoms with Crippen LogP contribution in [-0.2, 0) is 0 Å². The first kappa shape index (κ1) is 24.6. The lowest BCUT2D eigenvalue weighted by atomic mass is 10.1. The number of carbonyl (C=O) groups is 2. The van der Waals surface area contributed by atoms with Gasteiger partial charge in [0.25, 0.3) is 11.8 Å². The van der Waals surface area contributed by atoms with Gasteiger partial charge < -0.3 is 19.3 Å². The molecule has 37 heavy (non-hydrogen) atoms. The maximum atomic E-state index is 13.4. The first-order chi connectivity index (χ1) is 17.9. The number of hydrogen-bond donors (Lipinski definition) is 0. The quantitative estimate of drug-likeness (QED) is 0.395. The van der Waals surface area contributed by atoms with Crippen molar-refractivity contribution in [2.24, 2.45) is 0 Å². The van der Waals surface area contributed by atoms with Crippen LogP contribution in [0.15, 0.2) is 60.8 Å². The number of fused-ring (bicyclic) bond motifs is 1. The van der Waals surface area contributed by atoms with Gasteiger partial charge in [0.05, 0.1) is 19.9 Å². The molecule has 0 unspecified atom stereocenters. The summed E-state index contributed by atoms with van der Waals surface area (Å²) in [5.41, 5.74) is 3.03. The second kappa shape index (κ2) is 10.1. The summed E-state index contributed by atoms with van der Waals surface area (Å²) in [6.45, 7) is 3.18. The molecule has 0 N–H and O–H groups in total. The van der Waals surface area contributed by atoms with Crippen molar-refractivity contribution >= 4 is 29.1 Å². The molecule has 5 rings (SSSR count). The molecule has 1 fully saturated rings. The number of methoxy groups -OCH3 is 2. The molecule has 0 radical (unpaired) electrons. The van der Waals surface area contributed by atoms with Crippen molar-refractivity contribution in [2.45, 2.75) is 13.0 Å². The minimum atomic E-state index is -0.200. The second-order valence-electron chi connectivity index (χ2n) is 8.81. The Morgan fingerprint density at radius 3 is 2.41 bits per heavy atom. The number of rotatable bonds is 5. The molecule has 190 valence electrons. The second-order valence-corrected chi connectivity index (χ2v) is 9.24. The maximum Gasteiger partial charge on any atom is 0.274 e. The number of halogens is 1. The summed E-state index contributed by atoms with van der Waals surface area (Å²) in [6, 6.07) is 15.8. The molecule has 0 saturated carbocycles. The third-order valence-corrected chi connectivity index (χ3v) is 6.78. The Bertz CT molecular complexity index is 1470. The molecule has 3 heterocycles. The Labute approximate surface area is 219 Å². The Morgan fingerprint density at radius 2 is 1.70 bits per heavy atom. The van der Waals surface area contributed by atoms with Crippen LogP contribution in [0.2, 0.25) is 5.02 Å². The first-order valence-electron chi connectivity index (χ1n) is 11.8. The van der Waals surface area contributed by atoms with Crippen molar-refractivity contribution in [3.8, 4) is 22.8 Å². The number of aromatic nitrogens is 3. The van der Waals surface area contributed by atoms with E-state index < -0.39 is 0 Å². The number of amides is 2. The largest absolute Gasteiger partial charge is 0.493 e. The molecule has 1 atom stereocenters. The topological polar surface area (TPSA) is 89.3 Å². The van der Waals surface area contributed by atoms with E-state index in [1.807, 2.05) is 31.2 Å². The maximum absolute atomic E-state index is 13.4. The highest BCUT2D eigenvalue weighted by Gasteiger charge is 2.31.